The topological polar surface area (TPSA) is 53.4 Å². The van der Waals surface area contributed by atoms with Crippen LogP contribution in [0.15, 0.2) is 48.8 Å². The van der Waals surface area contributed by atoms with Gasteiger partial charge in [-0.1, -0.05) is 18.2 Å². The highest BCUT2D eigenvalue weighted by Gasteiger charge is 2.30. The number of amides is 1. The van der Waals surface area contributed by atoms with E-state index in [2.05, 4.69) is 4.98 Å². The lowest BCUT2D eigenvalue weighted by Crippen LogP contribution is -2.47. The molecule has 4 nitrogen and oxygen atoms in total. The summed E-state index contributed by atoms with van der Waals surface area (Å²) in [6, 6.07) is 10.2. The summed E-state index contributed by atoms with van der Waals surface area (Å²) in [5.41, 5.74) is 1.76. The standard InChI is InChI=1S/C19H21FN2O2/c20-17-5-1-3-14(10-17)9-16-6-8-22(13-18(16)23)19(24)11-15-4-2-7-21-12-15/h1-5,7,10,12,16,18,23H,6,8-9,11,13H2/t16-,18+/m1/s1. The molecular formula is C19H21FN2O2. The van der Waals surface area contributed by atoms with E-state index < -0.39 is 6.10 Å². The van der Waals surface area contributed by atoms with Crippen molar-refractivity contribution in [3.05, 3.63) is 65.7 Å². The number of aliphatic hydroxyl groups excluding tert-OH is 1. The van der Waals surface area contributed by atoms with Crippen LogP contribution in [0.25, 0.3) is 0 Å². The van der Waals surface area contributed by atoms with Crippen LogP contribution in [-0.2, 0) is 17.6 Å². The Morgan fingerprint density at radius 1 is 1.29 bits per heavy atom. The Kier molecular flexibility index (Phi) is 5.20. The van der Waals surface area contributed by atoms with Crippen LogP contribution in [0.5, 0.6) is 0 Å². The molecule has 1 aliphatic rings. The van der Waals surface area contributed by atoms with Crippen LogP contribution in [0.2, 0.25) is 0 Å². The number of aliphatic hydroxyl groups is 1. The molecule has 2 atom stereocenters. The second-order valence-corrected chi connectivity index (χ2v) is 6.33. The summed E-state index contributed by atoms with van der Waals surface area (Å²) in [4.78, 5) is 18.1. The van der Waals surface area contributed by atoms with Crippen LogP contribution in [0, 0.1) is 11.7 Å². The molecule has 24 heavy (non-hydrogen) atoms. The Labute approximate surface area is 141 Å². The van der Waals surface area contributed by atoms with Crippen molar-refractivity contribution in [1.82, 2.24) is 9.88 Å². The minimum Gasteiger partial charge on any atom is -0.391 e. The highest BCUT2D eigenvalue weighted by atomic mass is 19.1. The average Bonchev–Trinajstić information content (AvgIpc) is 2.57. The van der Waals surface area contributed by atoms with Gasteiger partial charge in [0.15, 0.2) is 0 Å². The Balaban J connectivity index is 1.56. The molecule has 0 aliphatic carbocycles. The Morgan fingerprint density at radius 2 is 2.12 bits per heavy atom. The van der Waals surface area contributed by atoms with E-state index >= 15 is 0 Å². The molecule has 5 heteroatoms. The summed E-state index contributed by atoms with van der Waals surface area (Å²) >= 11 is 0. The van der Waals surface area contributed by atoms with Gasteiger partial charge < -0.3 is 10.0 Å². The van der Waals surface area contributed by atoms with Crippen molar-refractivity contribution in [2.24, 2.45) is 5.92 Å². The van der Waals surface area contributed by atoms with Gasteiger partial charge in [0.2, 0.25) is 5.91 Å². The Hall–Kier alpha value is -2.27. The van der Waals surface area contributed by atoms with Crippen molar-refractivity contribution in [2.75, 3.05) is 13.1 Å². The molecule has 0 bridgehead atoms. The number of aromatic nitrogens is 1. The second kappa shape index (κ2) is 7.53. The number of hydrogen-bond donors (Lipinski definition) is 1. The first-order valence-corrected chi connectivity index (χ1v) is 8.21. The summed E-state index contributed by atoms with van der Waals surface area (Å²) in [5, 5.41) is 10.4. The van der Waals surface area contributed by atoms with Crippen LogP contribution < -0.4 is 0 Å². The minimum absolute atomic E-state index is 0.00579. The first kappa shape index (κ1) is 16.6. The quantitative estimate of drug-likeness (QED) is 0.936. The lowest BCUT2D eigenvalue weighted by atomic mass is 9.87. The Morgan fingerprint density at radius 3 is 2.83 bits per heavy atom. The van der Waals surface area contributed by atoms with Gasteiger partial charge in [0.05, 0.1) is 12.5 Å². The number of halogens is 1. The van der Waals surface area contributed by atoms with Crippen LogP contribution in [0.3, 0.4) is 0 Å². The van der Waals surface area contributed by atoms with Crippen LogP contribution in [0.4, 0.5) is 4.39 Å². The first-order chi connectivity index (χ1) is 11.6. The maximum absolute atomic E-state index is 13.3. The molecule has 1 aliphatic heterocycles. The Bertz CT molecular complexity index is 693. The van der Waals surface area contributed by atoms with E-state index in [1.54, 1.807) is 23.4 Å². The molecular weight excluding hydrogens is 307 g/mol. The largest absolute Gasteiger partial charge is 0.391 e. The van der Waals surface area contributed by atoms with Gasteiger partial charge in [0.1, 0.15) is 5.82 Å². The molecule has 1 N–H and O–H groups in total. The summed E-state index contributed by atoms with van der Waals surface area (Å²) in [6.45, 7) is 0.954. The third-order valence-electron chi connectivity index (χ3n) is 4.54. The lowest BCUT2D eigenvalue weighted by molar-refractivity contribution is -0.134. The average molecular weight is 328 g/mol. The van der Waals surface area contributed by atoms with E-state index in [-0.39, 0.29) is 17.6 Å². The number of rotatable bonds is 4. The summed E-state index contributed by atoms with van der Waals surface area (Å²) < 4.78 is 13.3. The van der Waals surface area contributed by atoms with E-state index in [0.717, 1.165) is 17.5 Å². The molecule has 1 amide bonds. The number of pyridine rings is 1. The van der Waals surface area contributed by atoms with Gasteiger partial charge in [-0.15, -0.1) is 0 Å². The molecule has 0 saturated carbocycles. The molecule has 2 aromatic rings. The lowest BCUT2D eigenvalue weighted by Gasteiger charge is -2.36. The third-order valence-corrected chi connectivity index (χ3v) is 4.54. The second-order valence-electron chi connectivity index (χ2n) is 6.33. The normalized spacial score (nSPS) is 20.8. The molecule has 0 spiro atoms. The predicted octanol–water partition coefficient (Wildman–Crippen LogP) is 2.22. The van der Waals surface area contributed by atoms with Crippen LogP contribution in [-0.4, -0.2) is 40.1 Å². The maximum Gasteiger partial charge on any atom is 0.227 e. The zero-order valence-corrected chi connectivity index (χ0v) is 13.4. The van der Waals surface area contributed by atoms with Crippen LogP contribution >= 0.6 is 0 Å². The number of hydrogen-bond acceptors (Lipinski definition) is 3. The smallest absolute Gasteiger partial charge is 0.227 e. The summed E-state index contributed by atoms with van der Waals surface area (Å²) in [6.07, 6.45) is 4.43. The molecule has 1 aromatic carbocycles. The zero-order valence-electron chi connectivity index (χ0n) is 13.4. The predicted molar refractivity (Wildman–Crippen MR) is 88.7 cm³/mol. The number of carbonyl (C=O) groups excluding carboxylic acids is 1. The molecule has 0 unspecified atom stereocenters. The van der Waals surface area contributed by atoms with Gasteiger partial charge in [-0.05, 0) is 48.1 Å². The number of likely N-dealkylation sites (tertiary alicyclic amines) is 1. The number of piperidine rings is 1. The fourth-order valence-corrected chi connectivity index (χ4v) is 3.20. The molecule has 0 radical (unpaired) electrons. The monoisotopic (exact) mass is 328 g/mol. The van der Waals surface area contributed by atoms with Crippen molar-refractivity contribution in [2.45, 2.75) is 25.4 Å². The highest BCUT2D eigenvalue weighted by molar-refractivity contribution is 5.78. The van der Waals surface area contributed by atoms with Gasteiger partial charge in [-0.25, -0.2) is 4.39 Å². The number of β-amino-alcohol motifs (C(OH)–C–C–N with tert-alkyl or cyclic N) is 1. The van der Waals surface area contributed by atoms with Gasteiger partial charge in [-0.2, -0.15) is 0 Å². The fraction of sp³-hybridized carbons (Fsp3) is 0.368. The summed E-state index contributed by atoms with van der Waals surface area (Å²) in [5.74, 6) is -0.202. The SMILES string of the molecule is O=C(Cc1cccnc1)N1CC[C@H](Cc2cccc(F)c2)[C@@H](O)C1. The number of benzene rings is 1. The van der Waals surface area contributed by atoms with E-state index in [4.69, 9.17) is 0 Å². The van der Waals surface area contributed by atoms with Gasteiger partial charge in [0.25, 0.3) is 0 Å². The minimum atomic E-state index is -0.583. The van der Waals surface area contributed by atoms with E-state index in [0.29, 0.717) is 25.9 Å². The first-order valence-electron chi connectivity index (χ1n) is 8.21. The van der Waals surface area contributed by atoms with Crippen molar-refractivity contribution in [3.8, 4) is 0 Å². The van der Waals surface area contributed by atoms with Crippen LogP contribution in [0.1, 0.15) is 17.5 Å². The van der Waals surface area contributed by atoms with E-state index in [9.17, 15) is 14.3 Å². The van der Waals surface area contributed by atoms with E-state index in [1.807, 2.05) is 18.2 Å². The molecule has 1 saturated heterocycles. The molecule has 1 fully saturated rings. The highest BCUT2D eigenvalue weighted by Crippen LogP contribution is 2.23. The number of carbonyl (C=O) groups is 1. The van der Waals surface area contributed by atoms with Crippen molar-refractivity contribution >= 4 is 5.91 Å². The summed E-state index contributed by atoms with van der Waals surface area (Å²) in [7, 11) is 0. The van der Waals surface area contributed by atoms with E-state index in [1.165, 1.54) is 12.1 Å². The third kappa shape index (κ3) is 4.17. The van der Waals surface area contributed by atoms with Crippen molar-refractivity contribution < 1.29 is 14.3 Å². The van der Waals surface area contributed by atoms with Gasteiger partial charge in [0, 0.05) is 25.5 Å². The fourth-order valence-electron chi connectivity index (χ4n) is 3.20. The number of nitrogens with zero attached hydrogens (tertiary/aromatic N) is 2. The van der Waals surface area contributed by atoms with Gasteiger partial charge in [-0.3, -0.25) is 9.78 Å². The molecule has 2 heterocycles. The van der Waals surface area contributed by atoms with Gasteiger partial charge >= 0.3 is 0 Å². The molecule has 126 valence electrons. The molecule has 1 aromatic heterocycles. The zero-order chi connectivity index (χ0) is 16.9. The maximum atomic E-state index is 13.3. The van der Waals surface area contributed by atoms with Crippen molar-refractivity contribution in [1.29, 1.82) is 0 Å². The molecule has 3 rings (SSSR count). The van der Waals surface area contributed by atoms with Crippen molar-refractivity contribution in [3.63, 3.8) is 0 Å².